The lowest BCUT2D eigenvalue weighted by Gasteiger charge is -2.10. The van der Waals surface area contributed by atoms with Gasteiger partial charge in [0.1, 0.15) is 6.61 Å². The molecule has 0 atom stereocenters. The Balaban J connectivity index is 2.14. The molecule has 0 saturated heterocycles. The van der Waals surface area contributed by atoms with Gasteiger partial charge in [0.2, 0.25) is 5.88 Å². The number of pyridine rings is 1. The molecule has 0 N–H and O–H groups in total. The van der Waals surface area contributed by atoms with Gasteiger partial charge in [0.25, 0.3) is 0 Å². The van der Waals surface area contributed by atoms with E-state index < -0.39 is 0 Å². The monoisotopic (exact) mass is 259 g/mol. The highest BCUT2D eigenvalue weighted by atomic mass is 16.5. The van der Waals surface area contributed by atoms with Crippen molar-refractivity contribution in [2.45, 2.75) is 20.0 Å². The zero-order valence-corrected chi connectivity index (χ0v) is 11.1. The molecule has 1 heterocycles. The molecule has 2 aromatic rings. The lowest BCUT2D eigenvalue weighted by atomic mass is 10.1. The maximum absolute atomic E-state index is 11.1. The van der Waals surface area contributed by atoms with Crippen LogP contribution in [0.15, 0.2) is 30.3 Å². The molecule has 1 aromatic heterocycles. The molecule has 4 heteroatoms. The summed E-state index contributed by atoms with van der Waals surface area (Å²) in [6.45, 7) is 4.78. The molecule has 1 aromatic carbocycles. The van der Waals surface area contributed by atoms with E-state index in [0.717, 1.165) is 17.2 Å². The number of carbonyl (C=O) groups excluding carboxylic acids is 1. The summed E-state index contributed by atoms with van der Waals surface area (Å²) in [6, 6.07) is 9.41. The number of rotatable bonds is 6. The summed E-state index contributed by atoms with van der Waals surface area (Å²) < 4.78 is 10.9. The number of ether oxygens (including phenoxy) is 2. The molecule has 0 aliphatic heterocycles. The van der Waals surface area contributed by atoms with Crippen molar-refractivity contribution in [3.63, 3.8) is 0 Å². The van der Waals surface area contributed by atoms with Gasteiger partial charge in [-0.15, -0.1) is 0 Å². The molecular weight excluding hydrogens is 242 g/mol. The number of aldehydes is 1. The van der Waals surface area contributed by atoms with E-state index in [1.807, 2.05) is 38.1 Å². The summed E-state index contributed by atoms with van der Waals surface area (Å²) in [5.41, 5.74) is 1.27. The second-order valence-corrected chi connectivity index (χ2v) is 4.46. The van der Waals surface area contributed by atoms with Crippen molar-refractivity contribution < 1.29 is 14.3 Å². The first-order valence-corrected chi connectivity index (χ1v) is 6.30. The summed E-state index contributed by atoms with van der Waals surface area (Å²) in [6.07, 6.45) is 0.927. The third kappa shape index (κ3) is 3.51. The molecule has 2 rings (SSSR count). The molecule has 0 aliphatic rings. The van der Waals surface area contributed by atoms with E-state index >= 15 is 0 Å². The Morgan fingerprint density at radius 2 is 2.05 bits per heavy atom. The number of fused-ring (bicyclic) bond motifs is 1. The van der Waals surface area contributed by atoms with Gasteiger partial charge in [-0.05, 0) is 26.0 Å². The highest BCUT2D eigenvalue weighted by Gasteiger charge is 2.07. The Morgan fingerprint density at radius 1 is 1.26 bits per heavy atom. The van der Waals surface area contributed by atoms with Gasteiger partial charge in [-0.1, -0.05) is 18.2 Å². The van der Waals surface area contributed by atoms with E-state index in [1.165, 1.54) is 0 Å². The smallest absolute Gasteiger partial charge is 0.224 e. The summed E-state index contributed by atoms with van der Waals surface area (Å²) in [5.74, 6) is 0.362. The minimum Gasteiger partial charge on any atom is -0.475 e. The van der Waals surface area contributed by atoms with Crippen molar-refractivity contribution in [1.29, 1.82) is 0 Å². The van der Waals surface area contributed by atoms with E-state index in [9.17, 15) is 4.79 Å². The largest absolute Gasteiger partial charge is 0.475 e. The second-order valence-electron chi connectivity index (χ2n) is 4.46. The quantitative estimate of drug-likeness (QED) is 0.591. The molecule has 19 heavy (non-hydrogen) atoms. The second kappa shape index (κ2) is 6.29. The molecule has 0 aliphatic carbocycles. The average molecular weight is 259 g/mol. The van der Waals surface area contributed by atoms with Gasteiger partial charge in [0, 0.05) is 5.39 Å². The predicted octanol–water partition coefficient (Wildman–Crippen LogP) is 2.85. The number of benzene rings is 1. The number of aromatic nitrogens is 1. The van der Waals surface area contributed by atoms with Gasteiger partial charge in [0.05, 0.1) is 23.8 Å². The SMILES string of the molecule is CC(C)OCCOc1nc2ccccc2cc1C=O. The van der Waals surface area contributed by atoms with Gasteiger partial charge in [-0.2, -0.15) is 0 Å². The summed E-state index contributed by atoms with van der Waals surface area (Å²) in [7, 11) is 0. The molecule has 4 nitrogen and oxygen atoms in total. The average Bonchev–Trinajstić information content (AvgIpc) is 2.42. The molecular formula is C15H17NO3. The fraction of sp³-hybridized carbons (Fsp3) is 0.333. The lowest BCUT2D eigenvalue weighted by Crippen LogP contribution is -2.12. The number of hydrogen-bond donors (Lipinski definition) is 0. The van der Waals surface area contributed by atoms with Crippen LogP contribution in [0.2, 0.25) is 0 Å². The Hall–Kier alpha value is -1.94. The predicted molar refractivity (Wildman–Crippen MR) is 73.7 cm³/mol. The van der Waals surface area contributed by atoms with Gasteiger partial charge < -0.3 is 9.47 Å². The molecule has 0 amide bonds. The number of carbonyl (C=O) groups is 1. The fourth-order valence-corrected chi connectivity index (χ4v) is 1.74. The van der Waals surface area contributed by atoms with Crippen LogP contribution in [0.25, 0.3) is 10.9 Å². The molecule has 0 saturated carbocycles. The van der Waals surface area contributed by atoms with Crippen molar-refractivity contribution >= 4 is 17.2 Å². The van der Waals surface area contributed by atoms with E-state index in [4.69, 9.17) is 9.47 Å². The van der Waals surface area contributed by atoms with Crippen molar-refractivity contribution in [2.24, 2.45) is 0 Å². The first-order valence-electron chi connectivity index (χ1n) is 6.30. The third-order valence-electron chi connectivity index (χ3n) is 2.62. The van der Waals surface area contributed by atoms with Crippen LogP contribution >= 0.6 is 0 Å². The maximum atomic E-state index is 11.1. The summed E-state index contributed by atoms with van der Waals surface area (Å²) in [5, 5.41) is 0.926. The van der Waals surface area contributed by atoms with Crippen LogP contribution in [0.1, 0.15) is 24.2 Å². The van der Waals surface area contributed by atoms with Crippen LogP contribution in [0.3, 0.4) is 0 Å². The van der Waals surface area contributed by atoms with Crippen LogP contribution in [0.5, 0.6) is 5.88 Å². The maximum Gasteiger partial charge on any atom is 0.224 e. The zero-order valence-electron chi connectivity index (χ0n) is 11.1. The fourth-order valence-electron chi connectivity index (χ4n) is 1.74. The van der Waals surface area contributed by atoms with Gasteiger partial charge in [-0.3, -0.25) is 4.79 Å². The van der Waals surface area contributed by atoms with Crippen LogP contribution in [0, 0.1) is 0 Å². The molecule has 0 unspecified atom stereocenters. The van der Waals surface area contributed by atoms with Crippen LogP contribution in [0.4, 0.5) is 0 Å². The van der Waals surface area contributed by atoms with Crippen LogP contribution < -0.4 is 4.74 Å². The van der Waals surface area contributed by atoms with E-state index in [0.29, 0.717) is 24.7 Å². The Kier molecular flexibility index (Phi) is 4.47. The topological polar surface area (TPSA) is 48.4 Å². The normalized spacial score (nSPS) is 10.9. The standard InChI is InChI=1S/C15H17NO3/c1-11(2)18-7-8-19-15-13(10-17)9-12-5-3-4-6-14(12)16-15/h3-6,9-11H,7-8H2,1-2H3. The summed E-state index contributed by atoms with van der Waals surface area (Å²) in [4.78, 5) is 15.4. The highest BCUT2D eigenvalue weighted by Crippen LogP contribution is 2.20. The van der Waals surface area contributed by atoms with Crippen molar-refractivity contribution in [3.05, 3.63) is 35.9 Å². The molecule has 0 radical (unpaired) electrons. The van der Waals surface area contributed by atoms with E-state index in [1.54, 1.807) is 6.07 Å². The van der Waals surface area contributed by atoms with Gasteiger partial charge >= 0.3 is 0 Å². The Bertz CT molecular complexity index is 566. The molecule has 0 bridgehead atoms. The third-order valence-corrected chi connectivity index (χ3v) is 2.62. The van der Waals surface area contributed by atoms with E-state index in [-0.39, 0.29) is 6.10 Å². The lowest BCUT2D eigenvalue weighted by molar-refractivity contribution is 0.0541. The molecule has 0 spiro atoms. The minimum absolute atomic E-state index is 0.165. The number of nitrogens with zero attached hydrogens (tertiary/aromatic N) is 1. The molecule has 0 fully saturated rings. The number of hydrogen-bond acceptors (Lipinski definition) is 4. The first-order chi connectivity index (χ1) is 9.20. The molecule has 100 valence electrons. The minimum atomic E-state index is 0.165. The number of para-hydroxylation sites is 1. The van der Waals surface area contributed by atoms with Gasteiger partial charge in [0.15, 0.2) is 6.29 Å². The van der Waals surface area contributed by atoms with Crippen LogP contribution in [-0.4, -0.2) is 30.6 Å². The van der Waals surface area contributed by atoms with Crippen molar-refractivity contribution in [1.82, 2.24) is 4.98 Å². The van der Waals surface area contributed by atoms with Crippen LogP contribution in [-0.2, 0) is 4.74 Å². The Morgan fingerprint density at radius 3 is 2.79 bits per heavy atom. The zero-order chi connectivity index (χ0) is 13.7. The Labute approximate surface area is 112 Å². The first kappa shape index (κ1) is 13.5. The van der Waals surface area contributed by atoms with Crippen molar-refractivity contribution in [3.8, 4) is 5.88 Å². The van der Waals surface area contributed by atoms with E-state index in [2.05, 4.69) is 4.98 Å². The van der Waals surface area contributed by atoms with Gasteiger partial charge in [-0.25, -0.2) is 4.98 Å². The van der Waals surface area contributed by atoms with Crippen molar-refractivity contribution in [2.75, 3.05) is 13.2 Å². The summed E-state index contributed by atoms with van der Waals surface area (Å²) >= 11 is 0. The highest BCUT2D eigenvalue weighted by molar-refractivity contribution is 5.88.